The van der Waals surface area contributed by atoms with Crippen LogP contribution in [0.15, 0.2) is 45.5 Å². The van der Waals surface area contributed by atoms with Crippen molar-refractivity contribution < 1.29 is 12.4 Å². The summed E-state index contributed by atoms with van der Waals surface area (Å²) < 4.78 is 0. The molecule has 1 saturated carbocycles. The zero-order valence-corrected chi connectivity index (χ0v) is 24.6. The van der Waals surface area contributed by atoms with Crippen molar-refractivity contribution >= 4 is 24.0 Å². The van der Waals surface area contributed by atoms with Crippen LogP contribution in [-0.4, -0.2) is 44.6 Å². The number of carbonyl (C=O) groups is 2. The van der Waals surface area contributed by atoms with Crippen LogP contribution in [0.25, 0.3) is 0 Å². The van der Waals surface area contributed by atoms with Crippen molar-refractivity contribution in [2.75, 3.05) is 20.6 Å². The third-order valence-electron chi connectivity index (χ3n) is 7.27. The first kappa shape index (κ1) is 35.6. The quantitative estimate of drug-likeness (QED) is 0.347. The van der Waals surface area contributed by atoms with Crippen LogP contribution in [0, 0.1) is 30.6 Å². The van der Waals surface area contributed by atoms with E-state index >= 15 is 0 Å². The monoisotopic (exact) mass is 529 g/mol. The van der Waals surface area contributed by atoms with Gasteiger partial charge in [0.25, 0.3) is 0 Å². The largest absolute Gasteiger partial charge is 0.320 e. The normalized spacial score (nSPS) is 22.5. The number of aryl methyl sites for hydroxylation is 2. The first-order chi connectivity index (χ1) is 17.6. The molecule has 2 aliphatic rings. The third kappa shape index (κ3) is 12.9. The summed E-state index contributed by atoms with van der Waals surface area (Å²) in [5, 5.41) is 2.93. The molecule has 1 aliphatic carbocycles. The number of rotatable bonds is 8. The summed E-state index contributed by atoms with van der Waals surface area (Å²) in [7, 11) is 3.77. The van der Waals surface area contributed by atoms with Gasteiger partial charge in [-0.3, -0.25) is 14.8 Å². The van der Waals surface area contributed by atoms with Gasteiger partial charge in [-0.1, -0.05) is 58.9 Å². The zero-order chi connectivity index (χ0) is 27.8. The van der Waals surface area contributed by atoms with Crippen LogP contribution in [0.2, 0.25) is 0 Å². The predicted octanol–water partition coefficient (Wildman–Crippen LogP) is 7.95. The lowest BCUT2D eigenvalue weighted by Gasteiger charge is -2.33. The molecular weight excluding hydrogens is 470 g/mol. The minimum Gasteiger partial charge on any atom is -0.320 e. The van der Waals surface area contributed by atoms with E-state index in [1.807, 2.05) is 20.3 Å². The number of allylic oxidation sites excluding steroid dienone is 2. The van der Waals surface area contributed by atoms with Crippen LogP contribution < -0.4 is 5.32 Å². The van der Waals surface area contributed by atoms with E-state index in [9.17, 15) is 9.59 Å². The van der Waals surface area contributed by atoms with Gasteiger partial charge in [0.15, 0.2) is 0 Å². The number of Topliss-reactive ketones (excluding diaryl/α,β-unsaturated/α-hetero) is 2. The second kappa shape index (κ2) is 19.6. The molecule has 1 aromatic carbocycles. The van der Waals surface area contributed by atoms with Gasteiger partial charge in [-0.05, 0) is 94.5 Å². The van der Waals surface area contributed by atoms with E-state index in [4.69, 9.17) is 4.99 Å². The van der Waals surface area contributed by atoms with Crippen molar-refractivity contribution in [1.82, 2.24) is 5.32 Å². The Bertz CT molecular complexity index is 937. The molecule has 0 bridgehead atoms. The fourth-order valence-electron chi connectivity index (χ4n) is 4.90. The second-order valence-electron chi connectivity index (χ2n) is 10.7. The molecule has 3 unspecified atom stereocenters. The summed E-state index contributed by atoms with van der Waals surface area (Å²) in [6, 6.07) is 8.40. The average Bonchev–Trinajstić information content (AvgIpc) is 2.86. The van der Waals surface area contributed by atoms with Crippen molar-refractivity contribution in [1.29, 1.82) is 0 Å². The van der Waals surface area contributed by atoms with Crippen molar-refractivity contribution in [3.8, 4) is 0 Å². The molecule has 0 radical (unpaired) electrons. The highest BCUT2D eigenvalue weighted by molar-refractivity contribution is 5.84. The Morgan fingerprint density at radius 3 is 2.39 bits per heavy atom. The number of hydrogen-bond donors (Lipinski definition) is 1. The standard InChI is InChI=1S/C26H36N2O.C3H9N.C3H6O.CH4.2H2/c1-18-8-5-6-10-22(18)12-13-24(29)15-21-9-7-11-23(14-21)26-25(17-27-4)20(3)19(2)16-28-26;1-3-4-2;1-3(2)4;;;/h5-6,8,10,16-17,19-21,23H,7,9,11-15H2,1-4H3;4H,3H2,1-2H3;1-2H3;1H4;2*1H/t19?,20?,21-,23?;;;;;/m1...../s1. The summed E-state index contributed by atoms with van der Waals surface area (Å²) in [6.07, 6.45) is 11.0. The van der Waals surface area contributed by atoms with E-state index in [0.717, 1.165) is 25.8 Å². The van der Waals surface area contributed by atoms with Gasteiger partial charge in [0.05, 0.1) is 0 Å². The zero-order valence-electron chi connectivity index (χ0n) is 24.6. The Morgan fingerprint density at radius 2 is 1.82 bits per heavy atom. The molecule has 0 spiro atoms. The summed E-state index contributed by atoms with van der Waals surface area (Å²) in [6.45, 7) is 12.8. The number of aliphatic imine (C=N–C) groups is 2. The number of ketones is 2. The van der Waals surface area contributed by atoms with Gasteiger partial charge in [-0.25, -0.2) is 0 Å². The van der Waals surface area contributed by atoms with Gasteiger partial charge in [0.1, 0.15) is 11.6 Å². The van der Waals surface area contributed by atoms with E-state index in [2.05, 4.69) is 68.5 Å². The maximum absolute atomic E-state index is 12.7. The molecule has 5 nitrogen and oxygen atoms in total. The summed E-state index contributed by atoms with van der Waals surface area (Å²) in [5.41, 5.74) is 5.13. The third-order valence-corrected chi connectivity index (χ3v) is 7.27. The number of benzene rings is 1. The second-order valence-corrected chi connectivity index (χ2v) is 10.7. The van der Waals surface area contributed by atoms with Gasteiger partial charge in [0, 0.05) is 46.8 Å². The SMILES string of the molecule is C.CC(C)=O.CCNC.CN=CC1=C(C2CCC[C@@H](CC(=O)CCc3ccccc3C)C2)N=CC(C)C1C.[HH].[HH]. The lowest BCUT2D eigenvalue weighted by atomic mass is 9.74. The van der Waals surface area contributed by atoms with Crippen molar-refractivity contribution in [2.45, 2.75) is 93.9 Å². The molecule has 38 heavy (non-hydrogen) atoms. The highest BCUT2D eigenvalue weighted by Gasteiger charge is 2.31. The Hall–Kier alpha value is -2.40. The minimum absolute atomic E-state index is 0. The molecule has 218 valence electrons. The number of hydrogen-bond acceptors (Lipinski definition) is 5. The lowest BCUT2D eigenvalue weighted by Crippen LogP contribution is -2.25. The van der Waals surface area contributed by atoms with E-state index in [1.54, 1.807) is 0 Å². The van der Waals surface area contributed by atoms with E-state index in [-0.39, 0.29) is 16.1 Å². The number of nitrogens with one attached hydrogen (secondary N) is 1. The number of nitrogens with zero attached hydrogens (tertiary/aromatic N) is 2. The van der Waals surface area contributed by atoms with Crippen LogP contribution in [-0.2, 0) is 16.0 Å². The molecule has 3 rings (SSSR count). The highest BCUT2D eigenvalue weighted by atomic mass is 16.1. The molecule has 1 fully saturated rings. The van der Waals surface area contributed by atoms with Gasteiger partial charge in [0.2, 0.25) is 0 Å². The van der Waals surface area contributed by atoms with Crippen LogP contribution in [0.5, 0.6) is 0 Å². The van der Waals surface area contributed by atoms with Gasteiger partial charge >= 0.3 is 0 Å². The summed E-state index contributed by atoms with van der Waals surface area (Å²) in [4.78, 5) is 31.3. The fraction of sp³-hybridized carbons (Fsp3) is 0.636. The molecule has 1 heterocycles. The van der Waals surface area contributed by atoms with Crippen LogP contribution in [0.4, 0.5) is 0 Å². The topological polar surface area (TPSA) is 70.9 Å². The number of carbonyl (C=O) groups excluding carboxylic acids is 2. The molecule has 0 aromatic heterocycles. The smallest absolute Gasteiger partial charge is 0.133 e. The van der Waals surface area contributed by atoms with E-state index in [1.165, 1.54) is 55.5 Å². The minimum atomic E-state index is 0. The summed E-state index contributed by atoms with van der Waals surface area (Å²) in [5.74, 6) is 2.46. The maximum atomic E-state index is 12.7. The Kier molecular flexibility index (Phi) is 18.4. The summed E-state index contributed by atoms with van der Waals surface area (Å²) >= 11 is 0. The van der Waals surface area contributed by atoms with E-state index in [0.29, 0.717) is 35.9 Å². The molecule has 5 heteroatoms. The maximum Gasteiger partial charge on any atom is 0.133 e. The first-order valence-corrected chi connectivity index (χ1v) is 14.0. The molecule has 1 N–H and O–H groups in total. The average molecular weight is 530 g/mol. The Morgan fingerprint density at radius 1 is 1.18 bits per heavy atom. The molecule has 4 atom stereocenters. The predicted molar refractivity (Wildman–Crippen MR) is 170 cm³/mol. The van der Waals surface area contributed by atoms with Crippen LogP contribution >= 0.6 is 0 Å². The molecule has 1 aromatic rings. The molecule has 0 saturated heterocycles. The fourth-order valence-corrected chi connectivity index (χ4v) is 4.90. The van der Waals surface area contributed by atoms with Crippen molar-refractivity contribution in [3.05, 3.63) is 46.7 Å². The molecule has 1 aliphatic heterocycles. The van der Waals surface area contributed by atoms with Gasteiger partial charge in [-0.2, -0.15) is 0 Å². The Labute approximate surface area is 236 Å². The van der Waals surface area contributed by atoms with Crippen molar-refractivity contribution in [3.63, 3.8) is 0 Å². The highest BCUT2D eigenvalue weighted by Crippen LogP contribution is 2.40. The van der Waals surface area contributed by atoms with Crippen molar-refractivity contribution in [2.24, 2.45) is 33.7 Å². The molecular formula is C33H59N3O2. The first-order valence-electron chi connectivity index (χ1n) is 14.0. The van der Waals surface area contributed by atoms with Crippen LogP contribution in [0.1, 0.15) is 94.6 Å². The Balaban J connectivity index is -0.00000110. The molecule has 0 amide bonds. The lowest BCUT2D eigenvalue weighted by molar-refractivity contribution is -0.120. The van der Waals surface area contributed by atoms with E-state index < -0.39 is 0 Å². The van der Waals surface area contributed by atoms with Gasteiger partial charge in [-0.15, -0.1) is 0 Å². The van der Waals surface area contributed by atoms with Gasteiger partial charge < -0.3 is 10.1 Å². The van der Waals surface area contributed by atoms with Crippen LogP contribution in [0.3, 0.4) is 0 Å².